The van der Waals surface area contributed by atoms with Crippen LogP contribution in [0.1, 0.15) is 5.56 Å². The Labute approximate surface area is 95.9 Å². The second-order valence-corrected chi connectivity index (χ2v) is 3.66. The van der Waals surface area contributed by atoms with Gasteiger partial charge in [-0.15, -0.1) is 13.2 Å². The Morgan fingerprint density at radius 2 is 2.00 bits per heavy atom. The van der Waals surface area contributed by atoms with Crippen molar-refractivity contribution in [1.29, 1.82) is 0 Å². The molecule has 2 nitrogen and oxygen atoms in total. The summed E-state index contributed by atoms with van der Waals surface area (Å²) in [5.41, 5.74) is 2.18. The van der Waals surface area contributed by atoms with E-state index in [0.29, 0.717) is 5.15 Å². The highest BCUT2D eigenvalue weighted by Gasteiger charge is 2.07. The molecular weight excluding hydrogens is 208 g/mol. The topological polar surface area (TPSA) is 16.1 Å². The van der Waals surface area contributed by atoms with Gasteiger partial charge >= 0.3 is 0 Å². The zero-order chi connectivity index (χ0) is 11.3. The quantitative estimate of drug-likeness (QED) is 0.562. The molecule has 0 aliphatic heterocycles. The lowest BCUT2D eigenvalue weighted by Crippen LogP contribution is -2.24. The average molecular weight is 223 g/mol. The van der Waals surface area contributed by atoms with E-state index in [1.807, 2.05) is 25.1 Å². The lowest BCUT2D eigenvalue weighted by Gasteiger charge is -2.23. The summed E-state index contributed by atoms with van der Waals surface area (Å²) in [6.45, 7) is 11.0. The summed E-state index contributed by atoms with van der Waals surface area (Å²) < 4.78 is 0. The summed E-state index contributed by atoms with van der Waals surface area (Å²) in [6, 6.07) is 1.86. The van der Waals surface area contributed by atoms with Gasteiger partial charge in [0.25, 0.3) is 0 Å². The van der Waals surface area contributed by atoms with Crippen LogP contribution in [0.25, 0.3) is 0 Å². The van der Waals surface area contributed by atoms with Gasteiger partial charge in [0, 0.05) is 13.1 Å². The van der Waals surface area contributed by atoms with Crippen LogP contribution >= 0.6 is 11.6 Å². The van der Waals surface area contributed by atoms with Crippen molar-refractivity contribution < 1.29 is 0 Å². The van der Waals surface area contributed by atoms with Gasteiger partial charge in [-0.3, -0.25) is 0 Å². The average Bonchev–Trinajstić information content (AvgIpc) is 2.17. The molecule has 1 aromatic heterocycles. The fraction of sp³-hybridized carbons (Fsp3) is 0.250. The van der Waals surface area contributed by atoms with Crippen LogP contribution in [0.4, 0.5) is 5.69 Å². The minimum absolute atomic E-state index is 0.522. The van der Waals surface area contributed by atoms with Gasteiger partial charge in [-0.05, 0) is 18.6 Å². The largest absolute Gasteiger partial charge is 0.363 e. The SMILES string of the molecule is C=CCN(CC=C)c1cnc(Cl)cc1C. The second-order valence-electron chi connectivity index (χ2n) is 3.28. The summed E-state index contributed by atoms with van der Waals surface area (Å²) in [5, 5.41) is 0.522. The van der Waals surface area contributed by atoms with E-state index in [1.54, 1.807) is 6.20 Å². The Balaban J connectivity index is 2.98. The van der Waals surface area contributed by atoms with Crippen LogP contribution in [0.5, 0.6) is 0 Å². The highest BCUT2D eigenvalue weighted by molar-refractivity contribution is 6.29. The standard InChI is InChI=1S/C12H15ClN2/c1-4-6-15(7-5-2)11-9-14-12(13)8-10(11)3/h4-5,8-9H,1-2,6-7H2,3H3. The molecule has 80 valence electrons. The first-order valence-corrected chi connectivity index (χ1v) is 5.15. The molecule has 0 spiro atoms. The first-order valence-electron chi connectivity index (χ1n) is 4.78. The maximum atomic E-state index is 5.81. The first kappa shape index (κ1) is 11.8. The van der Waals surface area contributed by atoms with Crippen molar-refractivity contribution in [1.82, 2.24) is 4.98 Å². The van der Waals surface area contributed by atoms with Crippen molar-refractivity contribution in [3.63, 3.8) is 0 Å². The van der Waals surface area contributed by atoms with E-state index >= 15 is 0 Å². The lowest BCUT2D eigenvalue weighted by atomic mass is 10.2. The Morgan fingerprint density at radius 1 is 1.40 bits per heavy atom. The number of nitrogens with zero attached hydrogens (tertiary/aromatic N) is 2. The van der Waals surface area contributed by atoms with E-state index in [1.165, 1.54) is 0 Å². The predicted molar refractivity (Wildman–Crippen MR) is 66.6 cm³/mol. The minimum atomic E-state index is 0.522. The smallest absolute Gasteiger partial charge is 0.129 e. The van der Waals surface area contributed by atoms with E-state index in [4.69, 9.17) is 11.6 Å². The number of rotatable bonds is 5. The van der Waals surface area contributed by atoms with E-state index in [-0.39, 0.29) is 0 Å². The maximum absolute atomic E-state index is 5.81. The summed E-state index contributed by atoms with van der Waals surface area (Å²) in [5.74, 6) is 0. The Kier molecular flexibility index (Phi) is 4.37. The number of aryl methyl sites for hydroxylation is 1. The molecule has 15 heavy (non-hydrogen) atoms. The number of halogens is 1. The molecule has 0 fully saturated rings. The molecule has 0 saturated heterocycles. The van der Waals surface area contributed by atoms with Crippen molar-refractivity contribution in [2.75, 3.05) is 18.0 Å². The van der Waals surface area contributed by atoms with E-state index in [0.717, 1.165) is 24.3 Å². The Hall–Kier alpha value is -1.28. The monoisotopic (exact) mass is 222 g/mol. The van der Waals surface area contributed by atoms with Crippen molar-refractivity contribution in [2.24, 2.45) is 0 Å². The molecule has 0 radical (unpaired) electrons. The third kappa shape index (κ3) is 3.10. The highest BCUT2D eigenvalue weighted by Crippen LogP contribution is 2.21. The van der Waals surface area contributed by atoms with Gasteiger partial charge in [-0.25, -0.2) is 4.98 Å². The van der Waals surface area contributed by atoms with Crippen molar-refractivity contribution in [2.45, 2.75) is 6.92 Å². The van der Waals surface area contributed by atoms with Gasteiger partial charge in [0.15, 0.2) is 0 Å². The van der Waals surface area contributed by atoms with Crippen LogP contribution in [0.15, 0.2) is 37.6 Å². The van der Waals surface area contributed by atoms with E-state index in [9.17, 15) is 0 Å². The third-order valence-corrected chi connectivity index (χ3v) is 2.30. The lowest BCUT2D eigenvalue weighted by molar-refractivity contribution is 0.942. The van der Waals surface area contributed by atoms with Gasteiger partial charge in [0.05, 0.1) is 11.9 Å². The van der Waals surface area contributed by atoms with Crippen LogP contribution in [-0.4, -0.2) is 18.1 Å². The number of aromatic nitrogens is 1. The summed E-state index contributed by atoms with van der Waals surface area (Å²) in [7, 11) is 0. The van der Waals surface area contributed by atoms with E-state index in [2.05, 4.69) is 23.0 Å². The molecule has 0 bridgehead atoms. The van der Waals surface area contributed by atoms with Gasteiger partial charge in [-0.1, -0.05) is 23.8 Å². The fourth-order valence-corrected chi connectivity index (χ4v) is 1.64. The Morgan fingerprint density at radius 3 is 2.47 bits per heavy atom. The van der Waals surface area contributed by atoms with Gasteiger partial charge in [0.1, 0.15) is 5.15 Å². The molecule has 0 aliphatic rings. The molecule has 0 saturated carbocycles. The van der Waals surface area contributed by atoms with Crippen molar-refractivity contribution in [3.05, 3.63) is 48.3 Å². The molecule has 0 atom stereocenters. The minimum Gasteiger partial charge on any atom is -0.363 e. The summed E-state index contributed by atoms with van der Waals surface area (Å²) in [4.78, 5) is 6.22. The van der Waals surface area contributed by atoms with Crippen molar-refractivity contribution in [3.8, 4) is 0 Å². The fourth-order valence-electron chi connectivity index (χ4n) is 1.43. The number of pyridine rings is 1. The van der Waals surface area contributed by atoms with Crippen LogP contribution in [-0.2, 0) is 0 Å². The molecule has 0 N–H and O–H groups in total. The zero-order valence-corrected chi connectivity index (χ0v) is 9.67. The van der Waals surface area contributed by atoms with E-state index < -0.39 is 0 Å². The van der Waals surface area contributed by atoms with Gasteiger partial charge < -0.3 is 4.90 Å². The second kappa shape index (κ2) is 5.56. The third-order valence-electron chi connectivity index (χ3n) is 2.09. The molecule has 0 aromatic carbocycles. The van der Waals surface area contributed by atoms with Gasteiger partial charge in [-0.2, -0.15) is 0 Å². The molecule has 0 amide bonds. The zero-order valence-electron chi connectivity index (χ0n) is 8.91. The van der Waals surface area contributed by atoms with Gasteiger partial charge in [0.2, 0.25) is 0 Å². The normalized spacial score (nSPS) is 9.73. The summed E-state index contributed by atoms with van der Waals surface area (Å²) >= 11 is 5.81. The predicted octanol–water partition coefficient (Wildman–Crippen LogP) is 3.22. The molecule has 3 heteroatoms. The van der Waals surface area contributed by atoms with Crippen molar-refractivity contribution >= 4 is 17.3 Å². The molecule has 1 rings (SSSR count). The number of hydrogen-bond acceptors (Lipinski definition) is 2. The first-order chi connectivity index (χ1) is 7.19. The van der Waals surface area contributed by atoms with Crippen LogP contribution in [0.3, 0.4) is 0 Å². The molecule has 1 aromatic rings. The maximum Gasteiger partial charge on any atom is 0.129 e. The molecule has 0 aliphatic carbocycles. The van der Waals surface area contributed by atoms with Crippen LogP contribution < -0.4 is 4.90 Å². The van der Waals surface area contributed by atoms with Crippen LogP contribution in [0, 0.1) is 6.92 Å². The molecule has 0 unspecified atom stereocenters. The highest BCUT2D eigenvalue weighted by atomic mass is 35.5. The van der Waals surface area contributed by atoms with Crippen LogP contribution in [0.2, 0.25) is 5.15 Å². The molecular formula is C12H15ClN2. The number of hydrogen-bond donors (Lipinski definition) is 0. The molecule has 1 heterocycles. The Bertz CT molecular complexity index is 351. The number of anilines is 1. The summed E-state index contributed by atoms with van der Waals surface area (Å²) in [6.07, 6.45) is 5.50.